The molecular weight excluding hydrogens is 594 g/mol. The number of oxime groups is 1. The fourth-order valence-electron chi connectivity index (χ4n) is 4.35. The van der Waals surface area contributed by atoms with Crippen LogP contribution in [-0.4, -0.2) is 90.6 Å². The topological polar surface area (TPSA) is 158 Å². The number of benzene rings is 1. The number of nitrogens with zero attached hydrogens (tertiary/aromatic N) is 6. The first kappa shape index (κ1) is 30.4. The van der Waals surface area contributed by atoms with Gasteiger partial charge < -0.3 is 19.2 Å². The lowest BCUT2D eigenvalue weighted by Crippen LogP contribution is -2.24. The molecule has 43 heavy (non-hydrogen) atoms. The van der Waals surface area contributed by atoms with E-state index in [1.807, 2.05) is 0 Å². The summed E-state index contributed by atoms with van der Waals surface area (Å²) in [5, 5.41) is 7.14. The van der Waals surface area contributed by atoms with Gasteiger partial charge in [0.05, 0.1) is 10.6 Å². The lowest BCUT2D eigenvalue weighted by molar-refractivity contribution is -0.110. The van der Waals surface area contributed by atoms with Crippen LogP contribution >= 0.6 is 11.3 Å². The number of rotatable bonds is 13. The SMILES string of the molecule is COCCCS(=O)(=O)c1ccc(C(=NOCc2ncccn2)C(=O)Nc2nc3ccc(O[C@@H]4CCN(C)C4)nc3s2)cc1. The number of hydrogen-bond donors (Lipinski definition) is 1. The van der Waals surface area contributed by atoms with Crippen LogP contribution in [0.5, 0.6) is 5.88 Å². The fraction of sp³-hybridized carbons (Fsp3) is 0.357. The molecule has 1 aromatic carbocycles. The smallest absolute Gasteiger partial charge is 0.280 e. The molecule has 15 heteroatoms. The highest BCUT2D eigenvalue weighted by atomic mass is 32.2. The van der Waals surface area contributed by atoms with Gasteiger partial charge in [-0.15, -0.1) is 0 Å². The number of pyridine rings is 1. The lowest BCUT2D eigenvalue weighted by Gasteiger charge is -2.12. The second-order valence-electron chi connectivity index (χ2n) is 9.81. The number of carbonyl (C=O) groups is 1. The van der Waals surface area contributed by atoms with Gasteiger partial charge in [-0.3, -0.25) is 10.1 Å². The van der Waals surface area contributed by atoms with Crippen LogP contribution in [0.15, 0.2) is 64.9 Å². The van der Waals surface area contributed by atoms with Gasteiger partial charge >= 0.3 is 0 Å². The van der Waals surface area contributed by atoms with E-state index in [4.69, 9.17) is 14.3 Å². The summed E-state index contributed by atoms with van der Waals surface area (Å²) in [4.78, 5) is 39.0. The number of aromatic nitrogens is 4. The molecule has 0 aliphatic carbocycles. The maximum atomic E-state index is 13.4. The second kappa shape index (κ2) is 13.9. The largest absolute Gasteiger partial charge is 0.473 e. The highest BCUT2D eigenvalue weighted by Gasteiger charge is 2.23. The van der Waals surface area contributed by atoms with Gasteiger partial charge in [0, 0.05) is 50.8 Å². The molecule has 0 bridgehead atoms. The predicted molar refractivity (Wildman–Crippen MR) is 161 cm³/mol. The van der Waals surface area contributed by atoms with E-state index in [-0.39, 0.29) is 29.1 Å². The Hall–Kier alpha value is -4.05. The van der Waals surface area contributed by atoms with Crippen molar-refractivity contribution in [3.8, 4) is 5.88 Å². The maximum Gasteiger partial charge on any atom is 0.280 e. The van der Waals surface area contributed by atoms with Crippen molar-refractivity contribution in [2.45, 2.75) is 30.4 Å². The van der Waals surface area contributed by atoms with Crippen LogP contribution in [0.4, 0.5) is 5.13 Å². The zero-order chi connectivity index (χ0) is 30.2. The van der Waals surface area contributed by atoms with Gasteiger partial charge in [0.25, 0.3) is 5.91 Å². The number of sulfone groups is 1. The summed E-state index contributed by atoms with van der Waals surface area (Å²) in [6.45, 7) is 2.08. The molecule has 1 aliphatic heterocycles. The minimum absolute atomic E-state index is 0.0576. The summed E-state index contributed by atoms with van der Waals surface area (Å²) < 4.78 is 36.4. The number of ether oxygens (including phenoxy) is 2. The number of likely N-dealkylation sites (N-methyl/N-ethyl adjacent to an activating group) is 1. The number of fused-ring (bicyclic) bond motifs is 1. The Bertz CT molecular complexity index is 1680. The Kier molecular flexibility index (Phi) is 9.86. The average Bonchev–Trinajstić information content (AvgIpc) is 3.60. The van der Waals surface area contributed by atoms with Gasteiger partial charge in [0.2, 0.25) is 5.88 Å². The number of thiazole rings is 1. The number of hydrogen-bond acceptors (Lipinski definition) is 13. The van der Waals surface area contributed by atoms with E-state index in [1.165, 1.54) is 42.7 Å². The lowest BCUT2D eigenvalue weighted by atomic mass is 10.1. The van der Waals surface area contributed by atoms with E-state index in [9.17, 15) is 13.2 Å². The van der Waals surface area contributed by atoms with Crippen LogP contribution in [0.2, 0.25) is 0 Å². The molecule has 5 rings (SSSR count). The van der Waals surface area contributed by atoms with Crippen molar-refractivity contribution in [3.05, 3.63) is 66.2 Å². The Morgan fingerprint density at radius 3 is 2.65 bits per heavy atom. The first-order valence-corrected chi connectivity index (χ1v) is 16.0. The predicted octanol–water partition coefficient (Wildman–Crippen LogP) is 2.93. The molecule has 226 valence electrons. The summed E-state index contributed by atoms with van der Waals surface area (Å²) in [7, 11) is 0.0506. The highest BCUT2D eigenvalue weighted by molar-refractivity contribution is 7.91. The van der Waals surface area contributed by atoms with Crippen LogP contribution in [0.3, 0.4) is 0 Å². The van der Waals surface area contributed by atoms with Gasteiger partial charge in [-0.05, 0) is 44.2 Å². The number of nitrogens with one attached hydrogen (secondary N) is 1. The van der Waals surface area contributed by atoms with Crippen LogP contribution < -0.4 is 10.1 Å². The number of anilines is 1. The molecular formula is C28H31N7O6S2. The molecule has 1 N–H and O–H groups in total. The molecule has 0 saturated carbocycles. The molecule has 1 atom stereocenters. The second-order valence-corrected chi connectivity index (χ2v) is 12.9. The minimum atomic E-state index is -3.52. The van der Waals surface area contributed by atoms with Crippen molar-refractivity contribution >= 4 is 48.3 Å². The number of amides is 1. The van der Waals surface area contributed by atoms with E-state index in [0.717, 1.165) is 19.5 Å². The molecule has 4 aromatic rings. The van der Waals surface area contributed by atoms with Crippen LogP contribution in [0, 0.1) is 0 Å². The summed E-state index contributed by atoms with van der Waals surface area (Å²) in [5.41, 5.74) is 0.870. The van der Waals surface area contributed by atoms with Crippen molar-refractivity contribution in [1.29, 1.82) is 0 Å². The van der Waals surface area contributed by atoms with Crippen LogP contribution in [0.1, 0.15) is 24.2 Å². The summed E-state index contributed by atoms with van der Waals surface area (Å²) >= 11 is 1.20. The quantitative estimate of drug-likeness (QED) is 0.132. The van der Waals surface area contributed by atoms with Crippen molar-refractivity contribution in [1.82, 2.24) is 24.8 Å². The Morgan fingerprint density at radius 2 is 1.93 bits per heavy atom. The van der Waals surface area contributed by atoms with Gasteiger partial charge in [-0.2, -0.15) is 0 Å². The van der Waals surface area contributed by atoms with Gasteiger partial charge in [0.1, 0.15) is 16.5 Å². The fourth-order valence-corrected chi connectivity index (χ4v) is 6.46. The number of likely N-dealkylation sites (tertiary alicyclic amines) is 1. The van der Waals surface area contributed by atoms with Gasteiger partial charge in [-0.25, -0.2) is 28.4 Å². The first-order chi connectivity index (χ1) is 20.8. The van der Waals surface area contributed by atoms with Gasteiger partial charge in [-0.1, -0.05) is 28.6 Å². The summed E-state index contributed by atoms with van der Waals surface area (Å²) in [6.07, 6.45) is 4.51. The third kappa shape index (κ3) is 8.07. The third-order valence-corrected chi connectivity index (χ3v) is 9.22. The summed E-state index contributed by atoms with van der Waals surface area (Å²) in [6, 6.07) is 11.1. The zero-order valence-corrected chi connectivity index (χ0v) is 25.3. The maximum absolute atomic E-state index is 13.4. The van der Waals surface area contributed by atoms with E-state index in [1.54, 1.807) is 30.6 Å². The zero-order valence-electron chi connectivity index (χ0n) is 23.7. The van der Waals surface area contributed by atoms with Gasteiger partial charge in [0.15, 0.2) is 33.1 Å². The molecule has 1 amide bonds. The minimum Gasteiger partial charge on any atom is -0.473 e. The monoisotopic (exact) mass is 625 g/mol. The third-order valence-electron chi connectivity index (χ3n) is 6.52. The standard InChI is InChI=1S/C28H31N7O6S2/c1-35-14-11-20(17-35)41-24-10-9-22-27(32-24)42-28(31-22)33-26(36)25(34-40-18-23-29-12-3-13-30-23)19-5-7-21(8-6-19)43(37,38)16-4-15-39-2/h3,5-10,12-13,20H,4,11,14-18H2,1-2H3,(H,31,33,36)/t20-/m1/s1. The molecule has 13 nitrogen and oxygen atoms in total. The number of methoxy groups -OCH3 is 1. The van der Waals surface area contributed by atoms with Crippen molar-refractivity contribution in [2.24, 2.45) is 5.16 Å². The highest BCUT2D eigenvalue weighted by Crippen LogP contribution is 2.27. The Balaban J connectivity index is 1.34. The average molecular weight is 626 g/mol. The first-order valence-electron chi connectivity index (χ1n) is 13.5. The molecule has 0 radical (unpaired) electrons. The molecule has 1 fully saturated rings. The van der Waals surface area contributed by atoms with E-state index in [2.05, 4.69) is 42.4 Å². The van der Waals surface area contributed by atoms with Crippen molar-refractivity contribution < 1.29 is 27.5 Å². The van der Waals surface area contributed by atoms with Crippen molar-refractivity contribution in [3.63, 3.8) is 0 Å². The molecule has 3 aromatic heterocycles. The molecule has 0 spiro atoms. The van der Waals surface area contributed by atoms with E-state index >= 15 is 0 Å². The van der Waals surface area contributed by atoms with Crippen molar-refractivity contribution in [2.75, 3.05) is 44.9 Å². The summed E-state index contributed by atoms with van der Waals surface area (Å²) in [5.74, 6) is 0.223. The number of carbonyl (C=O) groups excluding carboxylic acids is 1. The molecule has 1 aliphatic rings. The Morgan fingerprint density at radius 1 is 1.14 bits per heavy atom. The normalized spacial score (nSPS) is 16.0. The Labute approximate surface area is 252 Å². The van der Waals surface area contributed by atoms with E-state index < -0.39 is 15.7 Å². The van der Waals surface area contributed by atoms with Crippen LogP contribution in [0.25, 0.3) is 10.3 Å². The molecule has 4 heterocycles. The molecule has 0 unspecified atom stereocenters. The van der Waals surface area contributed by atoms with Crippen LogP contribution in [-0.2, 0) is 30.8 Å². The van der Waals surface area contributed by atoms with E-state index in [0.29, 0.717) is 45.8 Å². The molecule has 1 saturated heterocycles.